The zero-order valence-electron chi connectivity index (χ0n) is 11.7. The van der Waals surface area contributed by atoms with E-state index < -0.39 is 29.9 Å². The Morgan fingerprint density at radius 1 is 1.32 bits per heavy atom. The normalized spacial score (nSPS) is 13.9. The number of alkyl halides is 3. The maximum atomic E-state index is 13.7. The van der Waals surface area contributed by atoms with Gasteiger partial charge in [-0.25, -0.2) is 4.39 Å². The van der Waals surface area contributed by atoms with Crippen LogP contribution in [0.4, 0.5) is 17.6 Å². The van der Waals surface area contributed by atoms with Crippen molar-refractivity contribution < 1.29 is 22.4 Å². The third-order valence-electron chi connectivity index (χ3n) is 3.30. The predicted octanol–water partition coefficient (Wildman–Crippen LogP) is 4.40. The molecule has 0 saturated heterocycles. The molecule has 0 radical (unpaired) electrons. The molecule has 0 unspecified atom stereocenters. The minimum Gasteiger partial charge on any atom is -0.316 e. The van der Waals surface area contributed by atoms with Crippen molar-refractivity contribution in [2.75, 3.05) is 0 Å². The van der Waals surface area contributed by atoms with Gasteiger partial charge in [-0.15, -0.1) is 0 Å². The van der Waals surface area contributed by atoms with Gasteiger partial charge in [0.2, 0.25) is 5.91 Å². The summed E-state index contributed by atoms with van der Waals surface area (Å²) in [6.07, 6.45) is -3.65. The van der Waals surface area contributed by atoms with Crippen molar-refractivity contribution in [2.24, 2.45) is 11.7 Å². The fourth-order valence-corrected chi connectivity index (χ4v) is 2.46. The number of hydrogen-bond donors (Lipinski definition) is 1. The van der Waals surface area contributed by atoms with E-state index in [-0.39, 0.29) is 20.9 Å². The summed E-state index contributed by atoms with van der Waals surface area (Å²) >= 11 is 2.97. The van der Waals surface area contributed by atoms with Crippen LogP contribution in [0.1, 0.15) is 30.2 Å². The van der Waals surface area contributed by atoms with Crippen LogP contribution in [0.5, 0.6) is 0 Å². The van der Waals surface area contributed by atoms with Crippen LogP contribution in [-0.4, -0.2) is 16.7 Å². The zero-order valence-corrected chi connectivity index (χ0v) is 13.3. The number of benzene rings is 1. The molecule has 8 heteroatoms. The molecule has 22 heavy (non-hydrogen) atoms. The molecule has 0 aliphatic carbocycles. The average Bonchev–Trinajstić information content (AvgIpc) is 2.75. The summed E-state index contributed by atoms with van der Waals surface area (Å²) in [6, 6.07) is -0.0704. The Balaban J connectivity index is 2.78. The van der Waals surface area contributed by atoms with Gasteiger partial charge in [0, 0.05) is 23.1 Å². The number of nitrogens with two attached hydrogens (primary N) is 1. The first-order valence-corrected chi connectivity index (χ1v) is 7.19. The standard InChI is InChI=1S/C14H13BrF4N2O/c1-6(2)13(22)21-5-8(12(20)14(17,18)19)7-3-10(16)9(15)4-11(7)21/h3-6,12H,20H2,1-2H3/t12-/m0/s1. The zero-order chi connectivity index (χ0) is 16.8. The van der Waals surface area contributed by atoms with Crippen LogP contribution in [0.15, 0.2) is 22.8 Å². The summed E-state index contributed by atoms with van der Waals surface area (Å²) in [4.78, 5) is 12.2. The smallest absolute Gasteiger partial charge is 0.316 e. The van der Waals surface area contributed by atoms with Crippen molar-refractivity contribution in [3.8, 4) is 0 Å². The molecule has 0 bridgehead atoms. The van der Waals surface area contributed by atoms with Gasteiger partial charge in [-0.1, -0.05) is 13.8 Å². The molecule has 2 rings (SSSR count). The molecule has 0 saturated carbocycles. The first-order valence-electron chi connectivity index (χ1n) is 6.40. The Kier molecular flexibility index (Phi) is 4.36. The lowest BCUT2D eigenvalue weighted by atomic mass is 10.1. The lowest BCUT2D eigenvalue weighted by molar-refractivity contribution is -0.148. The lowest BCUT2D eigenvalue weighted by Crippen LogP contribution is -2.28. The number of carbonyl (C=O) groups excluding carboxylic acids is 1. The van der Waals surface area contributed by atoms with Crippen molar-refractivity contribution >= 4 is 32.7 Å². The van der Waals surface area contributed by atoms with E-state index in [2.05, 4.69) is 15.9 Å². The van der Waals surface area contributed by atoms with Gasteiger partial charge in [0.25, 0.3) is 0 Å². The molecule has 1 heterocycles. The van der Waals surface area contributed by atoms with E-state index in [1.165, 1.54) is 6.07 Å². The van der Waals surface area contributed by atoms with Crippen LogP contribution >= 0.6 is 15.9 Å². The SMILES string of the molecule is CC(C)C(=O)n1cc([C@H](N)C(F)(F)F)c2cc(F)c(Br)cc21. The number of carbonyl (C=O) groups is 1. The topological polar surface area (TPSA) is 48.0 Å². The van der Waals surface area contributed by atoms with Gasteiger partial charge in [0.15, 0.2) is 0 Å². The molecule has 2 aromatic rings. The van der Waals surface area contributed by atoms with E-state index in [0.717, 1.165) is 16.8 Å². The van der Waals surface area contributed by atoms with E-state index in [1.807, 2.05) is 0 Å². The molecular weight excluding hydrogens is 368 g/mol. The second kappa shape index (κ2) is 5.66. The monoisotopic (exact) mass is 380 g/mol. The summed E-state index contributed by atoms with van der Waals surface area (Å²) in [6.45, 7) is 3.24. The predicted molar refractivity (Wildman–Crippen MR) is 78.0 cm³/mol. The average molecular weight is 381 g/mol. The number of rotatable bonds is 2. The Bertz CT molecular complexity index is 736. The quantitative estimate of drug-likeness (QED) is 0.784. The van der Waals surface area contributed by atoms with Gasteiger partial charge < -0.3 is 5.73 Å². The van der Waals surface area contributed by atoms with Gasteiger partial charge in [0.1, 0.15) is 11.9 Å². The maximum Gasteiger partial charge on any atom is 0.407 e. The second-order valence-electron chi connectivity index (χ2n) is 5.25. The Hall–Kier alpha value is -1.41. The molecule has 1 aromatic heterocycles. The number of nitrogens with zero attached hydrogens (tertiary/aromatic N) is 1. The van der Waals surface area contributed by atoms with Crippen LogP contribution < -0.4 is 5.73 Å². The minimum atomic E-state index is -4.69. The Morgan fingerprint density at radius 3 is 2.41 bits per heavy atom. The third kappa shape index (κ3) is 2.89. The molecular formula is C14H13BrF4N2O. The van der Waals surface area contributed by atoms with Crippen LogP contribution in [0.2, 0.25) is 0 Å². The summed E-state index contributed by atoms with van der Waals surface area (Å²) < 4.78 is 53.5. The highest BCUT2D eigenvalue weighted by Crippen LogP contribution is 2.37. The van der Waals surface area contributed by atoms with Gasteiger partial charge >= 0.3 is 6.18 Å². The molecule has 1 aromatic carbocycles. The van der Waals surface area contributed by atoms with Crippen LogP contribution in [0.3, 0.4) is 0 Å². The molecule has 0 aliphatic rings. The molecule has 0 aliphatic heterocycles. The first-order chi connectivity index (χ1) is 10.0. The van der Waals surface area contributed by atoms with Gasteiger partial charge in [0.05, 0.1) is 9.99 Å². The van der Waals surface area contributed by atoms with Crippen molar-refractivity contribution in [3.63, 3.8) is 0 Å². The third-order valence-corrected chi connectivity index (χ3v) is 3.90. The van der Waals surface area contributed by atoms with Crippen molar-refractivity contribution in [3.05, 3.63) is 34.2 Å². The highest BCUT2D eigenvalue weighted by molar-refractivity contribution is 9.10. The van der Waals surface area contributed by atoms with E-state index in [0.29, 0.717) is 0 Å². The van der Waals surface area contributed by atoms with Gasteiger partial charge in [-0.3, -0.25) is 9.36 Å². The minimum absolute atomic E-state index is 0.0282. The molecule has 0 spiro atoms. The van der Waals surface area contributed by atoms with Crippen LogP contribution in [0, 0.1) is 11.7 Å². The van der Waals surface area contributed by atoms with E-state index in [9.17, 15) is 22.4 Å². The molecule has 120 valence electrons. The van der Waals surface area contributed by atoms with Crippen molar-refractivity contribution in [1.82, 2.24) is 4.57 Å². The van der Waals surface area contributed by atoms with E-state index in [1.54, 1.807) is 13.8 Å². The highest BCUT2D eigenvalue weighted by atomic mass is 79.9. The Morgan fingerprint density at radius 2 is 1.91 bits per heavy atom. The summed E-state index contributed by atoms with van der Waals surface area (Å²) in [7, 11) is 0. The van der Waals surface area contributed by atoms with Crippen molar-refractivity contribution in [2.45, 2.75) is 26.1 Å². The number of aromatic nitrogens is 1. The molecule has 2 N–H and O–H groups in total. The van der Waals surface area contributed by atoms with Crippen LogP contribution in [-0.2, 0) is 0 Å². The van der Waals surface area contributed by atoms with Crippen LogP contribution in [0.25, 0.3) is 10.9 Å². The number of fused-ring (bicyclic) bond motifs is 1. The van der Waals surface area contributed by atoms with E-state index >= 15 is 0 Å². The molecule has 1 atom stereocenters. The first kappa shape index (κ1) is 17.0. The van der Waals surface area contributed by atoms with Crippen molar-refractivity contribution in [1.29, 1.82) is 0 Å². The second-order valence-corrected chi connectivity index (χ2v) is 6.10. The lowest BCUT2D eigenvalue weighted by Gasteiger charge is -2.14. The largest absolute Gasteiger partial charge is 0.407 e. The van der Waals surface area contributed by atoms with Gasteiger partial charge in [-0.05, 0) is 28.1 Å². The maximum absolute atomic E-state index is 13.7. The number of halogens is 5. The van der Waals surface area contributed by atoms with E-state index in [4.69, 9.17) is 5.73 Å². The van der Waals surface area contributed by atoms with Gasteiger partial charge in [-0.2, -0.15) is 13.2 Å². The Labute approximate surface area is 132 Å². The number of hydrogen-bond acceptors (Lipinski definition) is 2. The molecule has 0 fully saturated rings. The fraction of sp³-hybridized carbons (Fsp3) is 0.357. The highest BCUT2D eigenvalue weighted by Gasteiger charge is 2.40. The molecule has 3 nitrogen and oxygen atoms in total. The summed E-state index contributed by atoms with van der Waals surface area (Å²) in [5.74, 6) is -1.56. The molecule has 0 amide bonds. The fourth-order valence-electron chi connectivity index (χ4n) is 2.13. The summed E-state index contributed by atoms with van der Waals surface area (Å²) in [5.41, 5.74) is 5.08. The summed E-state index contributed by atoms with van der Waals surface area (Å²) in [5, 5.41) is -0.0282.